The van der Waals surface area contributed by atoms with Gasteiger partial charge in [0, 0.05) is 0 Å². The minimum absolute atomic E-state index is 0.0419. The summed E-state index contributed by atoms with van der Waals surface area (Å²) in [6.07, 6.45) is 1.61. The van der Waals surface area contributed by atoms with Gasteiger partial charge in [-0.25, -0.2) is 0 Å². The lowest BCUT2D eigenvalue weighted by atomic mass is 10.1. The van der Waals surface area contributed by atoms with Gasteiger partial charge in [-0.05, 0) is 37.6 Å². The molecule has 4 N–H and O–H groups in total. The summed E-state index contributed by atoms with van der Waals surface area (Å²) in [5, 5.41) is 24.1. The molecule has 0 aliphatic rings. The Balaban J connectivity index is 2.61. The summed E-state index contributed by atoms with van der Waals surface area (Å²) >= 11 is 0. The summed E-state index contributed by atoms with van der Waals surface area (Å²) in [4.78, 5) is 23.0. The van der Waals surface area contributed by atoms with Crippen LogP contribution in [0, 0.1) is 6.92 Å². The first-order valence-corrected chi connectivity index (χ1v) is 6.99. The van der Waals surface area contributed by atoms with Crippen LogP contribution in [0.4, 0.5) is 5.69 Å². The number of aryl methyl sites for hydroxylation is 1. The van der Waals surface area contributed by atoms with Crippen molar-refractivity contribution in [3.63, 3.8) is 0 Å². The number of hydrogen-bond acceptors (Lipinski definition) is 4. The quantitative estimate of drug-likeness (QED) is 0.433. The molecule has 1 rings (SSSR count). The first kappa shape index (κ1) is 17.0. The van der Waals surface area contributed by atoms with Crippen LogP contribution in [0.1, 0.15) is 31.7 Å². The molecule has 0 radical (unpaired) electrons. The summed E-state index contributed by atoms with van der Waals surface area (Å²) in [5.74, 6) is -1.55. The second kappa shape index (κ2) is 8.26. The van der Waals surface area contributed by atoms with Gasteiger partial charge in [0.25, 0.3) is 0 Å². The van der Waals surface area contributed by atoms with Crippen molar-refractivity contribution in [1.82, 2.24) is 5.32 Å². The standard InChI is InChI=1S/C15H22N2O4/c1-3-4-7-16-12(15(20)21)9-14(19)17-11-8-10(2)5-6-13(11)18/h5-6,8,12,16,18H,3-4,7,9H2,1-2H3,(H,17,19)(H,20,21)/t12-/m0/s1. The summed E-state index contributed by atoms with van der Waals surface area (Å²) < 4.78 is 0. The molecule has 0 aliphatic heterocycles. The number of rotatable bonds is 8. The highest BCUT2D eigenvalue weighted by atomic mass is 16.4. The van der Waals surface area contributed by atoms with E-state index in [4.69, 9.17) is 5.11 Å². The molecular weight excluding hydrogens is 272 g/mol. The lowest BCUT2D eigenvalue weighted by Gasteiger charge is -2.14. The predicted octanol–water partition coefficient (Wildman–Crippen LogP) is 1.87. The molecule has 0 saturated carbocycles. The molecule has 0 spiro atoms. The van der Waals surface area contributed by atoms with Crippen LogP contribution >= 0.6 is 0 Å². The van der Waals surface area contributed by atoms with Crippen molar-refractivity contribution < 1.29 is 19.8 Å². The van der Waals surface area contributed by atoms with Crippen molar-refractivity contribution in [3.8, 4) is 5.75 Å². The van der Waals surface area contributed by atoms with E-state index in [0.717, 1.165) is 18.4 Å². The zero-order valence-corrected chi connectivity index (χ0v) is 12.3. The highest BCUT2D eigenvalue weighted by Gasteiger charge is 2.20. The zero-order valence-electron chi connectivity index (χ0n) is 12.3. The molecule has 1 aromatic rings. The van der Waals surface area contributed by atoms with Crippen LogP contribution in [0.2, 0.25) is 0 Å². The molecule has 0 saturated heterocycles. The normalized spacial score (nSPS) is 11.9. The number of carbonyl (C=O) groups excluding carboxylic acids is 1. The van der Waals surface area contributed by atoms with E-state index >= 15 is 0 Å². The third-order valence-corrected chi connectivity index (χ3v) is 3.03. The van der Waals surface area contributed by atoms with Crippen molar-refractivity contribution in [2.24, 2.45) is 0 Å². The molecule has 0 unspecified atom stereocenters. The van der Waals surface area contributed by atoms with E-state index in [-0.39, 0.29) is 17.9 Å². The minimum atomic E-state index is -1.06. The molecule has 1 atom stereocenters. The number of anilines is 1. The van der Waals surface area contributed by atoms with Gasteiger partial charge in [0.2, 0.25) is 5.91 Å². The van der Waals surface area contributed by atoms with E-state index in [2.05, 4.69) is 10.6 Å². The average Bonchev–Trinajstić information content (AvgIpc) is 2.42. The molecule has 0 aromatic heterocycles. The topological polar surface area (TPSA) is 98.7 Å². The van der Waals surface area contributed by atoms with Gasteiger partial charge in [0.05, 0.1) is 12.1 Å². The van der Waals surface area contributed by atoms with Crippen LogP contribution in [-0.2, 0) is 9.59 Å². The van der Waals surface area contributed by atoms with E-state index in [1.165, 1.54) is 6.07 Å². The number of nitrogens with one attached hydrogen (secondary N) is 2. The van der Waals surface area contributed by atoms with E-state index in [0.29, 0.717) is 6.54 Å². The number of benzene rings is 1. The average molecular weight is 294 g/mol. The van der Waals surface area contributed by atoms with Crippen LogP contribution in [0.5, 0.6) is 5.75 Å². The number of carboxylic acid groups (broad SMARTS) is 1. The molecule has 21 heavy (non-hydrogen) atoms. The van der Waals surface area contributed by atoms with Gasteiger partial charge in [-0.15, -0.1) is 0 Å². The predicted molar refractivity (Wildman–Crippen MR) is 80.4 cm³/mol. The van der Waals surface area contributed by atoms with Crippen LogP contribution in [0.3, 0.4) is 0 Å². The number of carbonyl (C=O) groups is 2. The molecule has 1 aromatic carbocycles. The fourth-order valence-corrected chi connectivity index (χ4v) is 1.84. The summed E-state index contributed by atoms with van der Waals surface area (Å²) in [6.45, 7) is 4.39. The Labute approximate surface area is 124 Å². The van der Waals surface area contributed by atoms with Crippen LogP contribution in [0.15, 0.2) is 18.2 Å². The van der Waals surface area contributed by atoms with Crippen LogP contribution in [0.25, 0.3) is 0 Å². The van der Waals surface area contributed by atoms with Crippen molar-refractivity contribution >= 4 is 17.6 Å². The Morgan fingerprint density at radius 3 is 2.67 bits per heavy atom. The minimum Gasteiger partial charge on any atom is -0.506 e. The second-order valence-electron chi connectivity index (χ2n) is 4.97. The highest BCUT2D eigenvalue weighted by Crippen LogP contribution is 2.23. The molecule has 0 heterocycles. The number of phenolic OH excluding ortho intramolecular Hbond substituents is 1. The van der Waals surface area contributed by atoms with Gasteiger partial charge in [0.15, 0.2) is 0 Å². The molecule has 6 nitrogen and oxygen atoms in total. The van der Waals surface area contributed by atoms with E-state index in [1.807, 2.05) is 13.8 Å². The van der Waals surface area contributed by atoms with Crippen molar-refractivity contribution in [2.75, 3.05) is 11.9 Å². The maximum Gasteiger partial charge on any atom is 0.321 e. The maximum atomic E-state index is 11.9. The smallest absolute Gasteiger partial charge is 0.321 e. The first-order chi connectivity index (χ1) is 9.93. The number of hydrogen-bond donors (Lipinski definition) is 4. The lowest BCUT2D eigenvalue weighted by molar-refractivity contribution is -0.141. The fraction of sp³-hybridized carbons (Fsp3) is 0.467. The Bertz CT molecular complexity index is 502. The van der Waals surface area contributed by atoms with Crippen molar-refractivity contribution in [1.29, 1.82) is 0 Å². The van der Waals surface area contributed by atoms with Gasteiger partial charge in [-0.2, -0.15) is 0 Å². The maximum absolute atomic E-state index is 11.9. The summed E-state index contributed by atoms with van der Waals surface area (Å²) in [7, 11) is 0. The van der Waals surface area contributed by atoms with E-state index in [1.54, 1.807) is 12.1 Å². The van der Waals surface area contributed by atoms with Gasteiger partial charge in [0.1, 0.15) is 11.8 Å². The number of aliphatic carboxylic acids is 1. The first-order valence-electron chi connectivity index (χ1n) is 6.99. The Hall–Kier alpha value is -2.08. The molecule has 0 fully saturated rings. The zero-order chi connectivity index (χ0) is 15.8. The SMILES string of the molecule is CCCCN[C@@H](CC(=O)Nc1cc(C)ccc1O)C(=O)O. The fourth-order valence-electron chi connectivity index (χ4n) is 1.84. The highest BCUT2D eigenvalue weighted by molar-refractivity contribution is 5.95. The van der Waals surface area contributed by atoms with Crippen LogP contribution in [-0.4, -0.2) is 34.7 Å². The molecule has 0 aliphatic carbocycles. The summed E-state index contributed by atoms with van der Waals surface area (Å²) in [6, 6.07) is 3.91. The van der Waals surface area contributed by atoms with Crippen molar-refractivity contribution in [3.05, 3.63) is 23.8 Å². The van der Waals surface area contributed by atoms with Gasteiger partial charge < -0.3 is 20.8 Å². The summed E-state index contributed by atoms with van der Waals surface area (Å²) in [5.41, 5.74) is 1.18. The molecule has 6 heteroatoms. The van der Waals surface area contributed by atoms with Crippen LogP contribution < -0.4 is 10.6 Å². The molecule has 1 amide bonds. The van der Waals surface area contributed by atoms with Crippen molar-refractivity contribution in [2.45, 2.75) is 39.2 Å². The van der Waals surface area contributed by atoms with E-state index < -0.39 is 17.9 Å². The molecule has 116 valence electrons. The lowest BCUT2D eigenvalue weighted by Crippen LogP contribution is -2.40. The van der Waals surface area contributed by atoms with Gasteiger partial charge in [-0.3, -0.25) is 9.59 Å². The largest absolute Gasteiger partial charge is 0.506 e. The number of unbranched alkanes of at least 4 members (excludes halogenated alkanes) is 1. The molecular formula is C15H22N2O4. The Morgan fingerprint density at radius 2 is 2.05 bits per heavy atom. The third-order valence-electron chi connectivity index (χ3n) is 3.03. The number of aromatic hydroxyl groups is 1. The molecule has 0 bridgehead atoms. The third kappa shape index (κ3) is 5.83. The Kier molecular flexibility index (Phi) is 6.68. The van der Waals surface area contributed by atoms with Gasteiger partial charge in [-0.1, -0.05) is 19.4 Å². The Morgan fingerprint density at radius 1 is 1.33 bits per heavy atom. The number of amides is 1. The second-order valence-corrected chi connectivity index (χ2v) is 4.97. The number of carboxylic acids is 1. The van der Waals surface area contributed by atoms with E-state index in [9.17, 15) is 14.7 Å². The van der Waals surface area contributed by atoms with Gasteiger partial charge >= 0.3 is 5.97 Å². The monoisotopic (exact) mass is 294 g/mol. The number of phenols is 1.